The summed E-state index contributed by atoms with van der Waals surface area (Å²) in [5.74, 6) is 1.01. The van der Waals surface area contributed by atoms with Crippen LogP contribution in [-0.4, -0.2) is 16.5 Å². The Labute approximate surface area is 99.7 Å². The van der Waals surface area contributed by atoms with Gasteiger partial charge in [-0.2, -0.15) is 0 Å². The molecule has 86 valence electrons. The predicted octanol–water partition coefficient (Wildman–Crippen LogP) is 2.67. The summed E-state index contributed by atoms with van der Waals surface area (Å²) in [6, 6.07) is 4.14. The van der Waals surface area contributed by atoms with E-state index in [0.717, 1.165) is 17.9 Å². The second-order valence-corrected chi connectivity index (χ2v) is 5.71. The molecule has 4 heteroatoms. The molecule has 2 rings (SSSR count). The van der Waals surface area contributed by atoms with E-state index in [9.17, 15) is 0 Å². The maximum absolute atomic E-state index is 5.72. The van der Waals surface area contributed by atoms with Crippen molar-refractivity contribution in [1.29, 1.82) is 0 Å². The van der Waals surface area contributed by atoms with Gasteiger partial charge in [-0.1, -0.05) is 19.9 Å². The zero-order valence-electron chi connectivity index (χ0n) is 9.66. The molecule has 0 aliphatic rings. The first-order valence-corrected chi connectivity index (χ1v) is 6.26. The van der Waals surface area contributed by atoms with E-state index in [1.807, 2.05) is 12.3 Å². The van der Waals surface area contributed by atoms with E-state index in [1.165, 1.54) is 4.88 Å². The third-order valence-corrected chi connectivity index (χ3v) is 3.52. The monoisotopic (exact) mass is 235 g/mol. The van der Waals surface area contributed by atoms with Crippen molar-refractivity contribution in [3.8, 4) is 10.6 Å². The number of imidazole rings is 1. The van der Waals surface area contributed by atoms with Gasteiger partial charge in [-0.3, -0.25) is 0 Å². The van der Waals surface area contributed by atoms with Crippen LogP contribution in [0.1, 0.15) is 19.7 Å². The highest BCUT2D eigenvalue weighted by atomic mass is 32.1. The normalized spacial score (nSPS) is 11.9. The standard InChI is InChI=1S/C12H17N3S/c1-12(2,8-13)6-11-14-7-9(15-11)10-4-3-5-16-10/h3-5,7H,6,8,13H2,1-2H3,(H,14,15). The quantitative estimate of drug-likeness (QED) is 0.856. The fourth-order valence-electron chi connectivity index (χ4n) is 1.53. The van der Waals surface area contributed by atoms with Gasteiger partial charge in [0.05, 0.1) is 16.8 Å². The van der Waals surface area contributed by atoms with E-state index in [2.05, 4.69) is 35.3 Å². The van der Waals surface area contributed by atoms with Gasteiger partial charge in [-0.25, -0.2) is 4.98 Å². The van der Waals surface area contributed by atoms with Crippen LogP contribution in [0, 0.1) is 5.41 Å². The Morgan fingerprint density at radius 2 is 2.31 bits per heavy atom. The molecule has 2 aromatic rings. The molecule has 2 aromatic heterocycles. The van der Waals surface area contributed by atoms with Crippen LogP contribution in [0.3, 0.4) is 0 Å². The first kappa shape index (κ1) is 11.4. The Morgan fingerprint density at radius 3 is 2.94 bits per heavy atom. The van der Waals surface area contributed by atoms with E-state index in [4.69, 9.17) is 5.73 Å². The number of H-pyrrole nitrogens is 1. The van der Waals surface area contributed by atoms with E-state index >= 15 is 0 Å². The lowest BCUT2D eigenvalue weighted by molar-refractivity contribution is 0.369. The Morgan fingerprint density at radius 1 is 1.50 bits per heavy atom. The van der Waals surface area contributed by atoms with E-state index in [0.29, 0.717) is 6.54 Å². The van der Waals surface area contributed by atoms with Crippen molar-refractivity contribution in [2.45, 2.75) is 20.3 Å². The van der Waals surface area contributed by atoms with Gasteiger partial charge in [0.1, 0.15) is 5.82 Å². The van der Waals surface area contributed by atoms with Crippen LogP contribution in [-0.2, 0) is 6.42 Å². The molecule has 0 spiro atoms. The summed E-state index contributed by atoms with van der Waals surface area (Å²) in [4.78, 5) is 8.98. The van der Waals surface area contributed by atoms with Crippen LogP contribution in [0.15, 0.2) is 23.7 Å². The number of aromatic amines is 1. The molecule has 2 heterocycles. The first-order valence-electron chi connectivity index (χ1n) is 5.38. The highest BCUT2D eigenvalue weighted by Crippen LogP contribution is 2.24. The molecular weight excluding hydrogens is 218 g/mol. The molecule has 0 aliphatic heterocycles. The Balaban J connectivity index is 2.14. The SMILES string of the molecule is CC(C)(CN)Cc1ncc(-c2cccs2)[nH]1. The maximum Gasteiger partial charge on any atom is 0.107 e. The summed E-state index contributed by atoms with van der Waals surface area (Å²) >= 11 is 1.72. The molecule has 0 saturated carbocycles. The number of rotatable bonds is 4. The number of nitrogens with two attached hydrogens (primary N) is 1. The largest absolute Gasteiger partial charge is 0.341 e. The van der Waals surface area contributed by atoms with E-state index in [1.54, 1.807) is 11.3 Å². The summed E-state index contributed by atoms with van der Waals surface area (Å²) in [5, 5.41) is 2.07. The van der Waals surface area contributed by atoms with E-state index < -0.39 is 0 Å². The third-order valence-electron chi connectivity index (χ3n) is 2.61. The van der Waals surface area contributed by atoms with Gasteiger partial charge < -0.3 is 10.7 Å². The molecule has 0 aliphatic carbocycles. The average molecular weight is 235 g/mol. The molecule has 0 atom stereocenters. The van der Waals surface area contributed by atoms with Gasteiger partial charge in [0.15, 0.2) is 0 Å². The van der Waals surface area contributed by atoms with Crippen LogP contribution >= 0.6 is 11.3 Å². The lowest BCUT2D eigenvalue weighted by Gasteiger charge is -2.20. The fraction of sp³-hybridized carbons (Fsp3) is 0.417. The lowest BCUT2D eigenvalue weighted by Crippen LogP contribution is -2.26. The third kappa shape index (κ3) is 2.51. The second kappa shape index (κ2) is 4.39. The van der Waals surface area contributed by atoms with Crippen molar-refractivity contribution < 1.29 is 0 Å². The van der Waals surface area contributed by atoms with Crippen molar-refractivity contribution >= 4 is 11.3 Å². The molecule has 0 saturated heterocycles. The van der Waals surface area contributed by atoms with Gasteiger partial charge in [-0.05, 0) is 23.4 Å². The molecule has 0 fully saturated rings. The molecule has 3 nitrogen and oxygen atoms in total. The van der Waals surface area contributed by atoms with Gasteiger partial charge in [0, 0.05) is 6.42 Å². The Kier molecular flexibility index (Phi) is 3.12. The summed E-state index contributed by atoms with van der Waals surface area (Å²) < 4.78 is 0. The molecular formula is C12H17N3S. The van der Waals surface area contributed by atoms with Crippen molar-refractivity contribution in [2.24, 2.45) is 11.1 Å². The van der Waals surface area contributed by atoms with Gasteiger partial charge in [0.2, 0.25) is 0 Å². The van der Waals surface area contributed by atoms with Crippen molar-refractivity contribution in [1.82, 2.24) is 9.97 Å². The second-order valence-electron chi connectivity index (χ2n) is 4.77. The predicted molar refractivity (Wildman–Crippen MR) is 68.4 cm³/mol. The Hall–Kier alpha value is -1.13. The zero-order valence-corrected chi connectivity index (χ0v) is 10.5. The topological polar surface area (TPSA) is 54.7 Å². The van der Waals surface area contributed by atoms with Gasteiger partial charge >= 0.3 is 0 Å². The fourth-order valence-corrected chi connectivity index (χ4v) is 2.23. The number of hydrogen-bond acceptors (Lipinski definition) is 3. The number of nitrogens with zero attached hydrogens (tertiary/aromatic N) is 1. The van der Waals surface area contributed by atoms with Crippen LogP contribution in [0.2, 0.25) is 0 Å². The van der Waals surface area contributed by atoms with Crippen LogP contribution in [0.25, 0.3) is 10.6 Å². The first-order chi connectivity index (χ1) is 7.61. The maximum atomic E-state index is 5.72. The highest BCUT2D eigenvalue weighted by molar-refractivity contribution is 7.13. The zero-order chi connectivity index (χ0) is 11.6. The molecule has 0 unspecified atom stereocenters. The van der Waals surface area contributed by atoms with Crippen LogP contribution in [0.4, 0.5) is 0 Å². The van der Waals surface area contributed by atoms with Crippen molar-refractivity contribution in [3.63, 3.8) is 0 Å². The minimum Gasteiger partial charge on any atom is -0.341 e. The Bertz CT molecular complexity index is 443. The molecule has 0 amide bonds. The number of aromatic nitrogens is 2. The number of nitrogens with one attached hydrogen (secondary N) is 1. The minimum atomic E-state index is 0.102. The van der Waals surface area contributed by atoms with Gasteiger partial charge in [0.25, 0.3) is 0 Å². The van der Waals surface area contributed by atoms with Gasteiger partial charge in [-0.15, -0.1) is 11.3 Å². The smallest absolute Gasteiger partial charge is 0.107 e. The number of hydrogen-bond donors (Lipinski definition) is 2. The molecule has 0 radical (unpaired) electrons. The summed E-state index contributed by atoms with van der Waals surface area (Å²) in [7, 11) is 0. The summed E-state index contributed by atoms with van der Waals surface area (Å²) in [6.07, 6.45) is 2.78. The summed E-state index contributed by atoms with van der Waals surface area (Å²) in [6.45, 7) is 4.97. The van der Waals surface area contributed by atoms with Crippen LogP contribution in [0.5, 0.6) is 0 Å². The average Bonchev–Trinajstić information content (AvgIpc) is 2.86. The van der Waals surface area contributed by atoms with E-state index in [-0.39, 0.29) is 5.41 Å². The van der Waals surface area contributed by atoms with Crippen molar-refractivity contribution in [3.05, 3.63) is 29.5 Å². The molecule has 16 heavy (non-hydrogen) atoms. The van der Waals surface area contributed by atoms with Crippen molar-refractivity contribution in [2.75, 3.05) is 6.54 Å². The molecule has 0 bridgehead atoms. The summed E-state index contributed by atoms with van der Waals surface area (Å²) in [5.41, 5.74) is 6.91. The molecule has 3 N–H and O–H groups in total. The minimum absolute atomic E-state index is 0.102. The van der Waals surface area contributed by atoms with Crippen LogP contribution < -0.4 is 5.73 Å². The highest BCUT2D eigenvalue weighted by Gasteiger charge is 2.18. The number of thiophene rings is 1. The molecule has 0 aromatic carbocycles. The lowest BCUT2D eigenvalue weighted by atomic mass is 9.89.